The second-order valence-corrected chi connectivity index (χ2v) is 5.55. The van der Waals surface area contributed by atoms with E-state index in [4.69, 9.17) is 0 Å². The molecule has 0 unspecified atom stereocenters. The standard InChI is InChI=1S/C18H21N3O2/c1-13-6-4-9-16(10-13)20-17(22)12-19-15-8-5-7-14(11-15)18(23)21(2)3/h4-11,19H,12H2,1-3H3,(H,20,22). The van der Waals surface area contributed by atoms with Gasteiger partial charge in [0, 0.05) is 31.0 Å². The number of aryl methyl sites for hydroxylation is 1. The molecule has 0 fully saturated rings. The summed E-state index contributed by atoms with van der Waals surface area (Å²) in [5, 5.41) is 5.86. The lowest BCUT2D eigenvalue weighted by Crippen LogP contribution is -2.23. The predicted octanol–water partition coefficient (Wildman–Crippen LogP) is 2.75. The van der Waals surface area contributed by atoms with Gasteiger partial charge in [-0.2, -0.15) is 0 Å². The highest BCUT2D eigenvalue weighted by Gasteiger charge is 2.08. The Morgan fingerprint density at radius 2 is 1.70 bits per heavy atom. The van der Waals surface area contributed by atoms with Crippen LogP contribution in [-0.4, -0.2) is 37.4 Å². The largest absolute Gasteiger partial charge is 0.376 e. The van der Waals surface area contributed by atoms with Gasteiger partial charge in [0.2, 0.25) is 5.91 Å². The quantitative estimate of drug-likeness (QED) is 0.892. The molecule has 0 saturated heterocycles. The lowest BCUT2D eigenvalue weighted by molar-refractivity contribution is -0.114. The summed E-state index contributed by atoms with van der Waals surface area (Å²) in [6.45, 7) is 2.11. The van der Waals surface area contributed by atoms with E-state index in [9.17, 15) is 9.59 Å². The monoisotopic (exact) mass is 311 g/mol. The van der Waals surface area contributed by atoms with E-state index < -0.39 is 0 Å². The minimum atomic E-state index is -0.139. The Bertz CT molecular complexity index is 711. The molecule has 2 amide bonds. The minimum absolute atomic E-state index is 0.0714. The molecule has 0 heterocycles. The van der Waals surface area contributed by atoms with Crippen LogP contribution in [0.4, 0.5) is 11.4 Å². The lowest BCUT2D eigenvalue weighted by Gasteiger charge is -2.12. The average Bonchev–Trinajstić information content (AvgIpc) is 2.52. The number of amides is 2. The highest BCUT2D eigenvalue weighted by atomic mass is 16.2. The smallest absolute Gasteiger partial charge is 0.253 e. The summed E-state index contributed by atoms with van der Waals surface area (Å²) in [6, 6.07) is 14.7. The molecule has 23 heavy (non-hydrogen) atoms. The minimum Gasteiger partial charge on any atom is -0.376 e. The van der Waals surface area contributed by atoms with E-state index in [1.807, 2.05) is 37.3 Å². The lowest BCUT2D eigenvalue weighted by atomic mass is 10.2. The number of benzene rings is 2. The highest BCUT2D eigenvalue weighted by molar-refractivity contribution is 5.96. The molecular formula is C18H21N3O2. The van der Waals surface area contributed by atoms with Crippen molar-refractivity contribution in [2.45, 2.75) is 6.92 Å². The molecule has 2 rings (SSSR count). The van der Waals surface area contributed by atoms with Gasteiger partial charge in [-0.1, -0.05) is 18.2 Å². The molecule has 0 bridgehead atoms. The fourth-order valence-corrected chi connectivity index (χ4v) is 2.13. The van der Waals surface area contributed by atoms with Gasteiger partial charge in [-0.15, -0.1) is 0 Å². The second-order valence-electron chi connectivity index (χ2n) is 5.55. The van der Waals surface area contributed by atoms with Crippen molar-refractivity contribution in [3.8, 4) is 0 Å². The van der Waals surface area contributed by atoms with Gasteiger partial charge >= 0.3 is 0 Å². The molecule has 0 saturated carbocycles. The van der Waals surface area contributed by atoms with E-state index in [2.05, 4.69) is 10.6 Å². The van der Waals surface area contributed by atoms with E-state index in [0.717, 1.165) is 16.9 Å². The number of carbonyl (C=O) groups is 2. The summed E-state index contributed by atoms with van der Waals surface area (Å²) in [6.07, 6.45) is 0. The van der Waals surface area contributed by atoms with Gasteiger partial charge in [0.1, 0.15) is 0 Å². The van der Waals surface area contributed by atoms with Gasteiger partial charge in [0.15, 0.2) is 0 Å². The van der Waals surface area contributed by atoms with E-state index in [0.29, 0.717) is 5.56 Å². The molecular weight excluding hydrogens is 290 g/mol. The SMILES string of the molecule is Cc1cccc(NC(=O)CNc2cccc(C(=O)N(C)C)c2)c1. The van der Waals surface area contributed by atoms with E-state index >= 15 is 0 Å². The maximum atomic E-state index is 12.0. The third-order valence-electron chi connectivity index (χ3n) is 3.27. The van der Waals surface area contributed by atoms with Gasteiger partial charge in [-0.25, -0.2) is 0 Å². The molecule has 2 aromatic carbocycles. The fraction of sp³-hybridized carbons (Fsp3) is 0.222. The summed E-state index contributed by atoms with van der Waals surface area (Å²) < 4.78 is 0. The van der Waals surface area contributed by atoms with Crippen LogP contribution in [0.25, 0.3) is 0 Å². The van der Waals surface area contributed by atoms with Crippen LogP contribution in [0.15, 0.2) is 48.5 Å². The van der Waals surface area contributed by atoms with Crippen molar-refractivity contribution < 1.29 is 9.59 Å². The molecule has 5 nitrogen and oxygen atoms in total. The number of hydrogen-bond acceptors (Lipinski definition) is 3. The van der Waals surface area contributed by atoms with Gasteiger partial charge in [-0.05, 0) is 42.8 Å². The third-order valence-corrected chi connectivity index (χ3v) is 3.27. The summed E-state index contributed by atoms with van der Waals surface area (Å²) >= 11 is 0. The van der Waals surface area contributed by atoms with E-state index in [-0.39, 0.29) is 18.4 Å². The molecule has 0 radical (unpaired) electrons. The zero-order chi connectivity index (χ0) is 16.8. The normalized spacial score (nSPS) is 10.0. The summed E-state index contributed by atoms with van der Waals surface area (Å²) in [7, 11) is 3.41. The molecule has 0 atom stereocenters. The third kappa shape index (κ3) is 4.85. The van der Waals surface area contributed by atoms with Crippen LogP contribution in [0.1, 0.15) is 15.9 Å². The summed E-state index contributed by atoms with van der Waals surface area (Å²) in [5.41, 5.74) is 3.18. The summed E-state index contributed by atoms with van der Waals surface area (Å²) in [5.74, 6) is -0.210. The van der Waals surface area contributed by atoms with Crippen LogP contribution < -0.4 is 10.6 Å². The Labute approximate surface area is 136 Å². The Kier molecular flexibility index (Phi) is 5.36. The van der Waals surface area contributed by atoms with Crippen molar-refractivity contribution in [3.05, 3.63) is 59.7 Å². The Morgan fingerprint density at radius 3 is 2.39 bits per heavy atom. The predicted molar refractivity (Wildman–Crippen MR) is 92.8 cm³/mol. The molecule has 0 aliphatic carbocycles. The van der Waals surface area contributed by atoms with Crippen molar-refractivity contribution in [1.29, 1.82) is 0 Å². The average molecular weight is 311 g/mol. The molecule has 0 spiro atoms. The molecule has 2 aromatic rings. The molecule has 120 valence electrons. The van der Waals surface area contributed by atoms with Crippen molar-refractivity contribution in [1.82, 2.24) is 4.90 Å². The molecule has 0 aliphatic heterocycles. The van der Waals surface area contributed by atoms with Gasteiger partial charge in [0.25, 0.3) is 5.91 Å². The maximum absolute atomic E-state index is 12.0. The molecule has 0 aliphatic rings. The number of rotatable bonds is 5. The first-order valence-electron chi connectivity index (χ1n) is 7.38. The van der Waals surface area contributed by atoms with Crippen LogP contribution in [-0.2, 0) is 4.79 Å². The molecule has 2 N–H and O–H groups in total. The molecule has 5 heteroatoms. The first-order valence-corrected chi connectivity index (χ1v) is 7.38. The highest BCUT2D eigenvalue weighted by Crippen LogP contribution is 2.12. The topological polar surface area (TPSA) is 61.4 Å². The number of nitrogens with one attached hydrogen (secondary N) is 2. The van der Waals surface area contributed by atoms with Crippen LogP contribution in [0.2, 0.25) is 0 Å². The number of anilines is 2. The van der Waals surface area contributed by atoms with E-state index in [1.165, 1.54) is 4.90 Å². The van der Waals surface area contributed by atoms with E-state index in [1.54, 1.807) is 32.3 Å². The summed E-state index contributed by atoms with van der Waals surface area (Å²) in [4.78, 5) is 25.4. The van der Waals surface area contributed by atoms with Crippen LogP contribution in [0, 0.1) is 6.92 Å². The number of nitrogens with zero attached hydrogens (tertiary/aromatic N) is 1. The van der Waals surface area contributed by atoms with Crippen LogP contribution in [0.3, 0.4) is 0 Å². The Morgan fingerprint density at radius 1 is 1.00 bits per heavy atom. The van der Waals surface area contributed by atoms with Gasteiger partial charge in [0.05, 0.1) is 6.54 Å². The maximum Gasteiger partial charge on any atom is 0.253 e. The van der Waals surface area contributed by atoms with Crippen molar-refractivity contribution in [3.63, 3.8) is 0 Å². The zero-order valence-corrected chi connectivity index (χ0v) is 13.6. The second kappa shape index (κ2) is 7.45. The zero-order valence-electron chi connectivity index (χ0n) is 13.6. The number of carbonyl (C=O) groups excluding carboxylic acids is 2. The van der Waals surface area contributed by atoms with Gasteiger partial charge in [-0.3, -0.25) is 9.59 Å². The van der Waals surface area contributed by atoms with Crippen LogP contribution in [0.5, 0.6) is 0 Å². The first-order chi connectivity index (χ1) is 11.0. The van der Waals surface area contributed by atoms with Gasteiger partial charge < -0.3 is 15.5 Å². The fourth-order valence-electron chi connectivity index (χ4n) is 2.13. The molecule has 0 aromatic heterocycles. The first kappa shape index (κ1) is 16.5. The van der Waals surface area contributed by atoms with Crippen molar-refractivity contribution in [2.75, 3.05) is 31.3 Å². The van der Waals surface area contributed by atoms with Crippen molar-refractivity contribution >= 4 is 23.2 Å². The Balaban J connectivity index is 1.94. The Hall–Kier alpha value is -2.82. The van der Waals surface area contributed by atoms with Crippen molar-refractivity contribution in [2.24, 2.45) is 0 Å². The number of hydrogen-bond donors (Lipinski definition) is 2. The van der Waals surface area contributed by atoms with Crippen LogP contribution >= 0.6 is 0 Å².